The summed E-state index contributed by atoms with van der Waals surface area (Å²) in [5, 5.41) is 16.8. The van der Waals surface area contributed by atoms with Gasteiger partial charge >= 0.3 is 5.69 Å². The van der Waals surface area contributed by atoms with Crippen LogP contribution in [0, 0.1) is 0 Å². The predicted octanol–water partition coefficient (Wildman–Crippen LogP) is -0.560. The topological polar surface area (TPSA) is 89.2 Å². The zero-order chi connectivity index (χ0) is 14.3. The first kappa shape index (κ1) is 14.4. The Morgan fingerprint density at radius 3 is 2.11 bits per heavy atom. The van der Waals surface area contributed by atoms with Crippen molar-refractivity contribution in [3.05, 3.63) is 20.8 Å². The number of nitrogens with zero attached hydrogens (tertiary/aromatic N) is 3. The van der Waals surface area contributed by atoms with E-state index in [-0.39, 0.29) is 5.82 Å². The lowest BCUT2D eigenvalue weighted by Gasteiger charge is -2.38. The standard InChI is InChI=1S/C11H20N4O3/c1-10(2,11(3,4)18)12-7-8(16)14(5)9(17)15(6)13-7/h18H,1-6H3,(H,12,13). The molecule has 0 radical (unpaired) electrons. The number of aryl methyl sites for hydroxylation is 1. The first-order valence-corrected chi connectivity index (χ1v) is 5.62. The van der Waals surface area contributed by atoms with Gasteiger partial charge in [-0.15, -0.1) is 5.10 Å². The molecule has 0 aliphatic rings. The SMILES string of the molecule is Cn1nc(NC(C)(C)C(C)(C)O)c(=O)n(C)c1=O. The molecule has 1 aromatic rings. The molecule has 0 aliphatic heterocycles. The van der Waals surface area contributed by atoms with Gasteiger partial charge in [0.25, 0.3) is 5.56 Å². The van der Waals surface area contributed by atoms with Crippen molar-refractivity contribution in [2.24, 2.45) is 14.1 Å². The quantitative estimate of drug-likeness (QED) is 0.756. The highest BCUT2D eigenvalue weighted by atomic mass is 16.3. The third-order valence-electron chi connectivity index (χ3n) is 3.28. The first-order valence-electron chi connectivity index (χ1n) is 5.62. The van der Waals surface area contributed by atoms with Crippen LogP contribution in [-0.2, 0) is 14.1 Å². The zero-order valence-electron chi connectivity index (χ0n) is 11.6. The van der Waals surface area contributed by atoms with Crippen LogP contribution in [0.4, 0.5) is 5.82 Å². The third-order valence-corrected chi connectivity index (χ3v) is 3.28. The van der Waals surface area contributed by atoms with Crippen LogP contribution in [0.2, 0.25) is 0 Å². The molecule has 0 saturated carbocycles. The highest BCUT2D eigenvalue weighted by molar-refractivity contribution is 5.34. The lowest BCUT2D eigenvalue weighted by atomic mass is 9.86. The van der Waals surface area contributed by atoms with Gasteiger partial charge in [0.2, 0.25) is 5.82 Å². The summed E-state index contributed by atoms with van der Waals surface area (Å²) in [6, 6.07) is 0. The molecule has 102 valence electrons. The van der Waals surface area contributed by atoms with Crippen molar-refractivity contribution in [1.29, 1.82) is 0 Å². The number of hydrogen-bond donors (Lipinski definition) is 2. The Morgan fingerprint density at radius 2 is 1.67 bits per heavy atom. The lowest BCUT2D eigenvalue weighted by molar-refractivity contribution is 0.0237. The molecule has 2 N–H and O–H groups in total. The Hall–Kier alpha value is -1.63. The number of hydrogen-bond acceptors (Lipinski definition) is 5. The maximum absolute atomic E-state index is 11.9. The molecule has 0 spiro atoms. The maximum Gasteiger partial charge on any atom is 0.346 e. The summed E-state index contributed by atoms with van der Waals surface area (Å²) in [5.74, 6) is 0.0340. The van der Waals surface area contributed by atoms with Crippen LogP contribution in [0.15, 0.2) is 9.59 Å². The summed E-state index contributed by atoms with van der Waals surface area (Å²) >= 11 is 0. The van der Waals surface area contributed by atoms with Crippen molar-refractivity contribution < 1.29 is 5.11 Å². The summed E-state index contributed by atoms with van der Waals surface area (Å²) in [4.78, 5) is 23.4. The smallest absolute Gasteiger partial charge is 0.346 e. The van der Waals surface area contributed by atoms with E-state index in [2.05, 4.69) is 10.4 Å². The maximum atomic E-state index is 11.9. The minimum absolute atomic E-state index is 0.0340. The molecule has 1 rings (SSSR count). The highest BCUT2D eigenvalue weighted by Crippen LogP contribution is 2.23. The van der Waals surface area contributed by atoms with E-state index in [1.807, 2.05) is 0 Å². The molecule has 7 nitrogen and oxygen atoms in total. The van der Waals surface area contributed by atoms with E-state index in [1.165, 1.54) is 14.1 Å². The number of rotatable bonds is 3. The van der Waals surface area contributed by atoms with Crippen molar-refractivity contribution in [2.45, 2.75) is 38.8 Å². The van der Waals surface area contributed by atoms with Crippen molar-refractivity contribution in [3.63, 3.8) is 0 Å². The Balaban J connectivity index is 3.31. The fourth-order valence-electron chi connectivity index (χ4n) is 1.23. The molecular weight excluding hydrogens is 236 g/mol. The van der Waals surface area contributed by atoms with Gasteiger partial charge in [0, 0.05) is 14.1 Å². The predicted molar refractivity (Wildman–Crippen MR) is 68.7 cm³/mol. The molecule has 0 aliphatic carbocycles. The fraction of sp³-hybridized carbons (Fsp3) is 0.727. The van der Waals surface area contributed by atoms with Crippen molar-refractivity contribution in [1.82, 2.24) is 14.3 Å². The average molecular weight is 256 g/mol. The molecule has 0 atom stereocenters. The number of anilines is 1. The van der Waals surface area contributed by atoms with Crippen LogP contribution in [0.25, 0.3) is 0 Å². The molecule has 0 unspecified atom stereocenters. The van der Waals surface area contributed by atoms with E-state index < -0.39 is 22.4 Å². The van der Waals surface area contributed by atoms with Gasteiger partial charge in [0.15, 0.2) is 0 Å². The minimum atomic E-state index is -1.06. The highest BCUT2D eigenvalue weighted by Gasteiger charge is 2.36. The molecule has 0 amide bonds. The molecule has 0 aromatic carbocycles. The van der Waals surface area contributed by atoms with Crippen molar-refractivity contribution >= 4 is 5.82 Å². The van der Waals surface area contributed by atoms with Gasteiger partial charge in [0.1, 0.15) is 0 Å². The molecular formula is C11H20N4O3. The molecule has 7 heteroatoms. The molecule has 0 fully saturated rings. The Morgan fingerprint density at radius 1 is 1.17 bits per heavy atom. The minimum Gasteiger partial charge on any atom is -0.388 e. The first-order chi connectivity index (χ1) is 7.97. The fourth-order valence-corrected chi connectivity index (χ4v) is 1.23. The Bertz CT molecular complexity index is 563. The molecule has 18 heavy (non-hydrogen) atoms. The summed E-state index contributed by atoms with van der Waals surface area (Å²) in [5.41, 5.74) is -2.85. The van der Waals surface area contributed by atoms with Gasteiger partial charge in [-0.3, -0.25) is 9.36 Å². The van der Waals surface area contributed by atoms with E-state index in [4.69, 9.17) is 0 Å². The zero-order valence-corrected chi connectivity index (χ0v) is 11.6. The third kappa shape index (κ3) is 2.45. The van der Waals surface area contributed by atoms with Gasteiger partial charge < -0.3 is 10.4 Å². The van der Waals surface area contributed by atoms with E-state index in [0.717, 1.165) is 9.25 Å². The average Bonchev–Trinajstić information content (AvgIpc) is 2.21. The van der Waals surface area contributed by atoms with Crippen LogP contribution < -0.4 is 16.6 Å². The molecule has 0 saturated heterocycles. The second-order valence-electron chi connectivity index (χ2n) is 5.43. The molecule has 1 heterocycles. The van der Waals surface area contributed by atoms with Crippen LogP contribution in [0.5, 0.6) is 0 Å². The second kappa shape index (κ2) is 4.24. The van der Waals surface area contributed by atoms with Crippen LogP contribution >= 0.6 is 0 Å². The van der Waals surface area contributed by atoms with Gasteiger partial charge in [-0.05, 0) is 27.7 Å². The van der Waals surface area contributed by atoms with Crippen molar-refractivity contribution in [2.75, 3.05) is 5.32 Å². The van der Waals surface area contributed by atoms with Crippen molar-refractivity contribution in [3.8, 4) is 0 Å². The largest absolute Gasteiger partial charge is 0.388 e. The second-order valence-corrected chi connectivity index (χ2v) is 5.43. The Kier molecular flexibility index (Phi) is 3.40. The van der Waals surface area contributed by atoms with Crippen LogP contribution in [0.3, 0.4) is 0 Å². The molecule has 0 bridgehead atoms. The normalized spacial score (nSPS) is 12.6. The summed E-state index contributed by atoms with van der Waals surface area (Å²) in [6.45, 7) is 6.76. The number of aliphatic hydroxyl groups is 1. The van der Waals surface area contributed by atoms with Gasteiger partial charge in [-0.1, -0.05) is 0 Å². The van der Waals surface area contributed by atoms with Crippen LogP contribution in [0.1, 0.15) is 27.7 Å². The van der Waals surface area contributed by atoms with E-state index >= 15 is 0 Å². The van der Waals surface area contributed by atoms with Gasteiger partial charge in [-0.25, -0.2) is 9.48 Å². The lowest BCUT2D eigenvalue weighted by Crippen LogP contribution is -2.53. The van der Waals surface area contributed by atoms with Gasteiger partial charge in [0.05, 0.1) is 11.1 Å². The summed E-state index contributed by atoms with van der Waals surface area (Å²) in [6.07, 6.45) is 0. The number of nitrogens with one attached hydrogen (secondary N) is 1. The van der Waals surface area contributed by atoms with Crippen LogP contribution in [-0.4, -0.2) is 30.6 Å². The molecule has 1 aromatic heterocycles. The summed E-state index contributed by atoms with van der Waals surface area (Å²) < 4.78 is 2.04. The monoisotopic (exact) mass is 256 g/mol. The van der Waals surface area contributed by atoms with E-state index in [1.54, 1.807) is 27.7 Å². The Labute approximate surface area is 105 Å². The summed E-state index contributed by atoms with van der Waals surface area (Å²) in [7, 11) is 2.85. The van der Waals surface area contributed by atoms with E-state index in [0.29, 0.717) is 0 Å². The number of aromatic nitrogens is 3. The van der Waals surface area contributed by atoms with Gasteiger partial charge in [-0.2, -0.15) is 0 Å². The van der Waals surface area contributed by atoms with E-state index in [9.17, 15) is 14.7 Å².